The number of hydrogen-bond acceptors (Lipinski definition) is 3. The van der Waals surface area contributed by atoms with E-state index in [2.05, 4.69) is 13.8 Å². The number of carbonyl (C=O) groups excluding carboxylic acids is 1. The molecule has 0 unspecified atom stereocenters. The molecule has 1 N–H and O–H groups in total. The quantitative estimate of drug-likeness (QED) is 0.784. The molecule has 132 valence electrons. The zero-order chi connectivity index (χ0) is 16.4. The van der Waals surface area contributed by atoms with Crippen LogP contribution in [0.25, 0.3) is 0 Å². The van der Waals surface area contributed by atoms with Gasteiger partial charge in [0, 0.05) is 0 Å². The topological polar surface area (TPSA) is 46.5 Å². The van der Waals surface area contributed by atoms with Gasteiger partial charge in [-0.3, -0.25) is 4.79 Å². The summed E-state index contributed by atoms with van der Waals surface area (Å²) in [6.07, 6.45) is 11.2. The fraction of sp³-hybridized carbons (Fsp3) is 0.950. The van der Waals surface area contributed by atoms with Gasteiger partial charge in [0.25, 0.3) is 0 Å². The number of carbonyl (C=O) groups is 1. The number of ether oxygens (including phenoxy) is 1. The summed E-state index contributed by atoms with van der Waals surface area (Å²) in [5.74, 6) is 1.64. The lowest BCUT2D eigenvalue weighted by Crippen LogP contribution is -2.42. The zero-order valence-corrected chi connectivity index (χ0v) is 14.9. The molecule has 3 heteroatoms. The van der Waals surface area contributed by atoms with Crippen molar-refractivity contribution in [2.75, 3.05) is 6.61 Å². The number of aliphatic hydroxyl groups excluding tert-OH is 1. The van der Waals surface area contributed by atoms with Crippen molar-refractivity contribution in [3.63, 3.8) is 0 Å². The van der Waals surface area contributed by atoms with E-state index in [1.165, 1.54) is 32.1 Å². The summed E-state index contributed by atoms with van der Waals surface area (Å²) in [7, 11) is 0. The Morgan fingerprint density at radius 3 is 2.61 bits per heavy atom. The van der Waals surface area contributed by atoms with Crippen LogP contribution in [0, 0.1) is 29.1 Å². The second-order valence-electron chi connectivity index (χ2n) is 8.70. The van der Waals surface area contributed by atoms with Crippen molar-refractivity contribution < 1.29 is 14.6 Å². The third-order valence-corrected chi connectivity index (χ3v) is 7.28. The molecule has 0 heterocycles. The van der Waals surface area contributed by atoms with Crippen molar-refractivity contribution in [3.05, 3.63) is 0 Å². The van der Waals surface area contributed by atoms with Crippen LogP contribution in [-0.4, -0.2) is 23.8 Å². The molecule has 0 bridgehead atoms. The number of aliphatic hydroxyl groups is 1. The lowest BCUT2D eigenvalue weighted by atomic mass is 9.62. The molecule has 3 aliphatic rings. The summed E-state index contributed by atoms with van der Waals surface area (Å²) in [6, 6.07) is 0. The molecule has 3 fully saturated rings. The van der Waals surface area contributed by atoms with Crippen molar-refractivity contribution in [1.82, 2.24) is 0 Å². The molecule has 0 aromatic heterocycles. The molecule has 0 aromatic carbocycles. The second-order valence-corrected chi connectivity index (χ2v) is 8.70. The van der Waals surface area contributed by atoms with E-state index >= 15 is 0 Å². The van der Waals surface area contributed by atoms with E-state index in [9.17, 15) is 9.90 Å². The van der Waals surface area contributed by atoms with Crippen LogP contribution in [0.15, 0.2) is 0 Å². The molecule has 0 spiro atoms. The largest absolute Gasteiger partial charge is 0.465 e. The van der Waals surface area contributed by atoms with Crippen LogP contribution in [0.2, 0.25) is 0 Å². The third-order valence-electron chi connectivity index (χ3n) is 7.28. The number of hydrogen-bond donors (Lipinski definition) is 1. The van der Waals surface area contributed by atoms with Gasteiger partial charge in [-0.2, -0.15) is 0 Å². The van der Waals surface area contributed by atoms with Gasteiger partial charge in [-0.25, -0.2) is 0 Å². The molecule has 3 rings (SSSR count). The highest BCUT2D eigenvalue weighted by molar-refractivity contribution is 5.72. The first kappa shape index (κ1) is 17.3. The Bertz CT molecular complexity index is 415. The minimum atomic E-state index is -0.115. The SMILES string of the molecule is C[C@H](COC(=O)C1CCCCC1)[C@H]1CC[C@H]2[C@@H](O)CCC[C@]12C. The minimum Gasteiger partial charge on any atom is -0.465 e. The highest BCUT2D eigenvalue weighted by Gasteiger charge is 2.52. The van der Waals surface area contributed by atoms with Crippen molar-refractivity contribution in [2.45, 2.75) is 84.2 Å². The monoisotopic (exact) mass is 322 g/mol. The lowest BCUT2D eigenvalue weighted by molar-refractivity contribution is -0.152. The van der Waals surface area contributed by atoms with E-state index in [1.54, 1.807) is 0 Å². The van der Waals surface area contributed by atoms with Crippen molar-refractivity contribution in [3.8, 4) is 0 Å². The summed E-state index contributed by atoms with van der Waals surface area (Å²) in [5.41, 5.74) is 0.244. The van der Waals surface area contributed by atoms with Crippen LogP contribution in [0.3, 0.4) is 0 Å². The Hall–Kier alpha value is -0.570. The molecule has 3 nitrogen and oxygen atoms in total. The zero-order valence-electron chi connectivity index (χ0n) is 14.9. The summed E-state index contributed by atoms with van der Waals surface area (Å²) >= 11 is 0. The Morgan fingerprint density at radius 2 is 1.87 bits per heavy atom. The average Bonchev–Trinajstić information content (AvgIpc) is 2.91. The molecular weight excluding hydrogens is 288 g/mol. The van der Waals surface area contributed by atoms with Crippen LogP contribution in [0.5, 0.6) is 0 Å². The number of rotatable bonds is 4. The molecule has 0 saturated heterocycles. The molecule has 23 heavy (non-hydrogen) atoms. The molecule has 3 aliphatic carbocycles. The van der Waals surface area contributed by atoms with E-state index in [-0.39, 0.29) is 23.4 Å². The summed E-state index contributed by atoms with van der Waals surface area (Å²) < 4.78 is 5.71. The molecule has 5 atom stereocenters. The summed E-state index contributed by atoms with van der Waals surface area (Å²) in [4.78, 5) is 12.3. The van der Waals surface area contributed by atoms with Crippen LogP contribution in [0.1, 0.15) is 78.1 Å². The van der Waals surface area contributed by atoms with Gasteiger partial charge in [-0.05, 0) is 61.7 Å². The smallest absolute Gasteiger partial charge is 0.308 e. The van der Waals surface area contributed by atoms with Gasteiger partial charge >= 0.3 is 5.97 Å². The molecule has 0 aromatic rings. The summed E-state index contributed by atoms with van der Waals surface area (Å²) in [5, 5.41) is 10.3. The van der Waals surface area contributed by atoms with E-state index in [1.807, 2.05) is 0 Å². The van der Waals surface area contributed by atoms with Crippen molar-refractivity contribution >= 4 is 5.97 Å². The standard InChI is InChI=1S/C20H34O3/c1-14(13-23-19(22)15-7-4-3-5-8-15)16-10-11-17-18(21)9-6-12-20(16,17)2/h14-18,21H,3-13H2,1-2H3/t14-,16-,17+,18+,20-/m1/s1. The highest BCUT2D eigenvalue weighted by atomic mass is 16.5. The van der Waals surface area contributed by atoms with Gasteiger partial charge in [-0.1, -0.05) is 39.5 Å². The Labute approximate surface area is 141 Å². The maximum atomic E-state index is 12.3. The average molecular weight is 322 g/mol. The maximum Gasteiger partial charge on any atom is 0.308 e. The second kappa shape index (κ2) is 7.13. The molecule has 3 saturated carbocycles. The first-order chi connectivity index (χ1) is 11.0. The Morgan fingerprint density at radius 1 is 1.13 bits per heavy atom. The Balaban J connectivity index is 1.54. The van der Waals surface area contributed by atoms with Gasteiger partial charge in [0.1, 0.15) is 0 Å². The van der Waals surface area contributed by atoms with E-state index in [4.69, 9.17) is 4.74 Å². The summed E-state index contributed by atoms with van der Waals surface area (Å²) in [6.45, 7) is 5.18. The van der Waals surface area contributed by atoms with Crippen molar-refractivity contribution in [2.24, 2.45) is 29.1 Å². The highest BCUT2D eigenvalue weighted by Crippen LogP contribution is 2.57. The van der Waals surface area contributed by atoms with Crippen LogP contribution in [-0.2, 0) is 9.53 Å². The number of esters is 1. The van der Waals surface area contributed by atoms with E-state index < -0.39 is 0 Å². The fourth-order valence-electron chi connectivity index (χ4n) is 5.91. The van der Waals surface area contributed by atoms with Gasteiger partial charge < -0.3 is 9.84 Å². The van der Waals surface area contributed by atoms with Gasteiger partial charge in [0.05, 0.1) is 18.6 Å². The minimum absolute atomic E-state index is 0.0416. The first-order valence-electron chi connectivity index (χ1n) is 9.87. The predicted molar refractivity (Wildman–Crippen MR) is 90.9 cm³/mol. The van der Waals surface area contributed by atoms with E-state index in [0.717, 1.165) is 32.1 Å². The normalized spacial score (nSPS) is 39.7. The molecule has 0 radical (unpaired) electrons. The maximum absolute atomic E-state index is 12.3. The van der Waals surface area contributed by atoms with Gasteiger partial charge in [0.2, 0.25) is 0 Å². The van der Waals surface area contributed by atoms with Crippen LogP contribution >= 0.6 is 0 Å². The molecule has 0 amide bonds. The lowest BCUT2D eigenvalue weighted by Gasteiger charge is -2.45. The van der Waals surface area contributed by atoms with Crippen LogP contribution in [0.4, 0.5) is 0 Å². The predicted octanol–water partition coefficient (Wildman–Crippen LogP) is 4.32. The molecule has 0 aliphatic heterocycles. The third kappa shape index (κ3) is 3.45. The number of fused-ring (bicyclic) bond motifs is 1. The molecular formula is C20H34O3. The first-order valence-corrected chi connectivity index (χ1v) is 9.87. The van der Waals surface area contributed by atoms with Crippen molar-refractivity contribution in [1.29, 1.82) is 0 Å². The Kier molecular flexibility index (Phi) is 5.35. The van der Waals surface area contributed by atoms with Crippen LogP contribution < -0.4 is 0 Å². The fourth-order valence-corrected chi connectivity index (χ4v) is 5.91. The van der Waals surface area contributed by atoms with Gasteiger partial charge in [-0.15, -0.1) is 0 Å². The van der Waals surface area contributed by atoms with E-state index in [0.29, 0.717) is 24.4 Å². The van der Waals surface area contributed by atoms with Gasteiger partial charge in [0.15, 0.2) is 0 Å².